The van der Waals surface area contributed by atoms with Crippen LogP contribution in [0.5, 0.6) is 0 Å². The van der Waals surface area contributed by atoms with Crippen molar-refractivity contribution in [3.8, 4) is 0 Å². The van der Waals surface area contributed by atoms with Gasteiger partial charge in [-0.15, -0.1) is 11.3 Å². The smallest absolute Gasteiger partial charge is 0.243 e. The molecule has 0 spiro atoms. The quantitative estimate of drug-likeness (QED) is 0.471. The number of hydrogen-bond acceptors (Lipinski definition) is 5. The van der Waals surface area contributed by atoms with Crippen molar-refractivity contribution in [2.45, 2.75) is 31.7 Å². The highest BCUT2D eigenvalue weighted by molar-refractivity contribution is 7.18. The van der Waals surface area contributed by atoms with Crippen molar-refractivity contribution in [2.75, 3.05) is 6.54 Å². The largest absolute Gasteiger partial charge is 0.368 e. The zero-order chi connectivity index (χ0) is 21.7. The molecule has 2 aromatic carbocycles. The van der Waals surface area contributed by atoms with Gasteiger partial charge in [0.1, 0.15) is 5.54 Å². The van der Waals surface area contributed by atoms with Crippen LogP contribution >= 0.6 is 22.9 Å². The number of amides is 2. The number of halogens is 1. The van der Waals surface area contributed by atoms with Gasteiger partial charge in [0, 0.05) is 23.8 Å². The van der Waals surface area contributed by atoms with Gasteiger partial charge in [-0.3, -0.25) is 9.59 Å². The van der Waals surface area contributed by atoms with E-state index in [1.54, 1.807) is 13.0 Å². The fourth-order valence-corrected chi connectivity index (χ4v) is 4.93. The molecule has 1 unspecified atom stereocenters. The minimum atomic E-state index is -1.35. The van der Waals surface area contributed by atoms with E-state index in [0.29, 0.717) is 16.5 Å². The number of aromatic nitrogens is 1. The van der Waals surface area contributed by atoms with Crippen molar-refractivity contribution in [2.24, 2.45) is 17.4 Å². The first-order valence-corrected chi connectivity index (χ1v) is 11.0. The number of hydrogen-bond donors (Lipinski definition) is 3. The number of primary amides is 1. The van der Waals surface area contributed by atoms with Crippen molar-refractivity contribution in [3.63, 3.8) is 0 Å². The molecule has 1 heterocycles. The molecule has 158 valence electrons. The van der Waals surface area contributed by atoms with E-state index in [1.807, 2.05) is 42.5 Å². The number of rotatable bonds is 9. The molecule has 1 aromatic heterocycles. The van der Waals surface area contributed by atoms with Gasteiger partial charge in [-0.2, -0.15) is 0 Å². The van der Waals surface area contributed by atoms with E-state index in [4.69, 9.17) is 23.1 Å². The SMILES string of the molecule is CCC(=O)NC(Cc1nc2ccc(Cl)cc2s1)(C(N)=O)[C@H](CN)Cc1ccccc1. The Morgan fingerprint density at radius 3 is 2.60 bits per heavy atom. The molecule has 0 saturated carbocycles. The lowest BCUT2D eigenvalue weighted by Gasteiger charge is -2.38. The third kappa shape index (κ3) is 4.80. The molecule has 0 bridgehead atoms. The second-order valence-electron chi connectivity index (χ2n) is 7.26. The summed E-state index contributed by atoms with van der Waals surface area (Å²) in [6, 6.07) is 15.1. The Labute approximate surface area is 184 Å². The molecule has 0 aliphatic heterocycles. The standard InChI is InChI=1S/C22H25ClN4O2S/c1-2-19(28)27-22(21(25)29,15(13-24)10-14-6-4-3-5-7-14)12-20-26-17-9-8-16(23)11-18(17)30-20/h3-9,11,15H,2,10,12-13,24H2,1H3,(H2,25,29)(H,27,28)/t15-,22?/m0/s1. The van der Waals surface area contributed by atoms with E-state index in [1.165, 1.54) is 11.3 Å². The zero-order valence-corrected chi connectivity index (χ0v) is 18.3. The maximum atomic E-state index is 12.8. The Bertz CT molecular complexity index is 1040. The number of nitrogens with two attached hydrogens (primary N) is 2. The number of thiazole rings is 1. The van der Waals surface area contributed by atoms with Crippen molar-refractivity contribution in [1.29, 1.82) is 0 Å². The van der Waals surface area contributed by atoms with E-state index in [0.717, 1.165) is 15.8 Å². The van der Waals surface area contributed by atoms with Gasteiger partial charge in [-0.05, 0) is 36.7 Å². The molecule has 0 aliphatic carbocycles. The molecule has 2 amide bonds. The van der Waals surface area contributed by atoms with E-state index in [9.17, 15) is 9.59 Å². The highest BCUT2D eigenvalue weighted by atomic mass is 35.5. The van der Waals surface area contributed by atoms with E-state index < -0.39 is 17.4 Å². The van der Waals surface area contributed by atoms with E-state index >= 15 is 0 Å². The lowest BCUT2D eigenvalue weighted by molar-refractivity contribution is -0.133. The Balaban J connectivity index is 2.03. The van der Waals surface area contributed by atoms with Crippen LogP contribution in [-0.2, 0) is 22.4 Å². The molecule has 3 rings (SSSR count). The van der Waals surface area contributed by atoms with Crippen molar-refractivity contribution >= 4 is 45.0 Å². The van der Waals surface area contributed by atoms with Gasteiger partial charge < -0.3 is 16.8 Å². The van der Waals surface area contributed by atoms with Crippen LogP contribution in [0.2, 0.25) is 5.02 Å². The van der Waals surface area contributed by atoms with Crippen LogP contribution in [0.25, 0.3) is 10.2 Å². The summed E-state index contributed by atoms with van der Waals surface area (Å²) in [5.41, 5.74) is 12.5. The van der Waals surface area contributed by atoms with Crippen LogP contribution in [0, 0.1) is 5.92 Å². The maximum Gasteiger partial charge on any atom is 0.243 e. The zero-order valence-electron chi connectivity index (χ0n) is 16.7. The fourth-order valence-electron chi connectivity index (χ4n) is 3.60. The third-order valence-corrected chi connectivity index (χ3v) is 6.51. The summed E-state index contributed by atoms with van der Waals surface area (Å²) < 4.78 is 0.907. The van der Waals surface area contributed by atoms with E-state index in [2.05, 4.69) is 10.3 Å². The Hall–Kier alpha value is -2.48. The van der Waals surface area contributed by atoms with E-state index in [-0.39, 0.29) is 25.3 Å². The molecule has 0 aliphatic rings. The lowest BCUT2D eigenvalue weighted by Crippen LogP contribution is -2.65. The molecule has 6 nitrogen and oxygen atoms in total. The van der Waals surface area contributed by atoms with Crippen molar-refractivity contribution in [3.05, 3.63) is 64.1 Å². The van der Waals surface area contributed by atoms with Gasteiger partial charge in [0.2, 0.25) is 11.8 Å². The van der Waals surface area contributed by atoms with Crippen molar-refractivity contribution < 1.29 is 9.59 Å². The summed E-state index contributed by atoms with van der Waals surface area (Å²) in [7, 11) is 0. The minimum Gasteiger partial charge on any atom is -0.368 e. The Morgan fingerprint density at radius 1 is 1.23 bits per heavy atom. The van der Waals surface area contributed by atoms with Gasteiger partial charge in [-0.1, -0.05) is 48.9 Å². The number of nitrogens with one attached hydrogen (secondary N) is 1. The first kappa shape index (κ1) is 22.2. The fraction of sp³-hybridized carbons (Fsp3) is 0.318. The normalized spacial score (nSPS) is 14.2. The minimum absolute atomic E-state index is 0.166. The molecule has 8 heteroatoms. The number of fused-ring (bicyclic) bond motifs is 1. The summed E-state index contributed by atoms with van der Waals surface area (Å²) >= 11 is 7.52. The second-order valence-corrected chi connectivity index (χ2v) is 8.81. The Morgan fingerprint density at radius 2 is 1.97 bits per heavy atom. The summed E-state index contributed by atoms with van der Waals surface area (Å²) in [5.74, 6) is -1.28. The van der Waals surface area contributed by atoms with Crippen LogP contribution in [-0.4, -0.2) is 28.9 Å². The van der Waals surface area contributed by atoms with Crippen LogP contribution in [0.15, 0.2) is 48.5 Å². The maximum absolute atomic E-state index is 12.8. The third-order valence-electron chi connectivity index (χ3n) is 5.25. The lowest BCUT2D eigenvalue weighted by atomic mass is 9.76. The number of carbonyl (C=O) groups excluding carboxylic acids is 2. The highest BCUT2D eigenvalue weighted by Gasteiger charge is 2.45. The summed E-state index contributed by atoms with van der Waals surface area (Å²) in [4.78, 5) is 29.9. The Kier molecular flexibility index (Phi) is 7.07. The first-order valence-electron chi connectivity index (χ1n) is 9.77. The van der Waals surface area contributed by atoms with Gasteiger partial charge in [-0.25, -0.2) is 4.98 Å². The van der Waals surface area contributed by atoms with Gasteiger partial charge in [0.15, 0.2) is 0 Å². The second kappa shape index (κ2) is 9.55. The molecular formula is C22H25ClN4O2S. The average Bonchev–Trinajstić information content (AvgIpc) is 3.13. The van der Waals surface area contributed by atoms with Crippen LogP contribution in [0.3, 0.4) is 0 Å². The van der Waals surface area contributed by atoms with Crippen molar-refractivity contribution in [1.82, 2.24) is 10.3 Å². The van der Waals surface area contributed by atoms with Gasteiger partial charge in [0.25, 0.3) is 0 Å². The first-order chi connectivity index (χ1) is 14.4. The van der Waals surface area contributed by atoms with Gasteiger partial charge >= 0.3 is 0 Å². The topological polar surface area (TPSA) is 111 Å². The number of carbonyl (C=O) groups is 2. The molecule has 2 atom stereocenters. The molecule has 5 N–H and O–H groups in total. The van der Waals surface area contributed by atoms with Crippen LogP contribution in [0.4, 0.5) is 0 Å². The summed E-state index contributed by atoms with van der Waals surface area (Å²) in [6.07, 6.45) is 0.897. The summed E-state index contributed by atoms with van der Waals surface area (Å²) in [5, 5.41) is 4.20. The average molecular weight is 445 g/mol. The highest BCUT2D eigenvalue weighted by Crippen LogP contribution is 2.31. The molecule has 30 heavy (non-hydrogen) atoms. The summed E-state index contributed by atoms with van der Waals surface area (Å²) in [6.45, 7) is 1.91. The number of benzene rings is 2. The molecule has 0 saturated heterocycles. The molecular weight excluding hydrogens is 420 g/mol. The predicted molar refractivity (Wildman–Crippen MR) is 121 cm³/mol. The predicted octanol–water partition coefficient (Wildman–Crippen LogP) is 3.06. The van der Waals surface area contributed by atoms with Crippen LogP contribution < -0.4 is 16.8 Å². The molecule has 0 radical (unpaired) electrons. The molecule has 3 aromatic rings. The van der Waals surface area contributed by atoms with Gasteiger partial charge in [0.05, 0.1) is 15.2 Å². The monoisotopic (exact) mass is 444 g/mol. The number of nitrogens with zero attached hydrogens (tertiary/aromatic N) is 1. The molecule has 0 fully saturated rings. The van der Waals surface area contributed by atoms with Crippen LogP contribution in [0.1, 0.15) is 23.9 Å².